The quantitative estimate of drug-likeness (QED) is 0.450. The minimum atomic E-state index is -0.961. The van der Waals surface area contributed by atoms with E-state index >= 15 is 0 Å². The molecular weight excluding hydrogens is 256 g/mol. The lowest BCUT2D eigenvalue weighted by molar-refractivity contribution is -0.154. The van der Waals surface area contributed by atoms with Crippen molar-refractivity contribution in [2.24, 2.45) is 0 Å². The van der Waals surface area contributed by atoms with Gasteiger partial charge in [0.1, 0.15) is 5.78 Å². The van der Waals surface area contributed by atoms with E-state index in [1.54, 1.807) is 31.2 Å². The molecule has 0 N–H and O–H groups in total. The van der Waals surface area contributed by atoms with Gasteiger partial charge in [-0.1, -0.05) is 23.7 Å². The number of ketones is 2. The fraction of sp³-hybridized carbons (Fsp3) is 0.308. The Morgan fingerprint density at radius 3 is 2.61 bits per heavy atom. The summed E-state index contributed by atoms with van der Waals surface area (Å²) in [4.78, 5) is 33.9. The standard InChI is InChI=1S/C13H13ClO4/c1-2-18-13(17)12(16)8-11(15)7-9-4-3-5-10(14)6-9/h3-6H,2,7-8H2,1H3. The van der Waals surface area contributed by atoms with Crippen molar-refractivity contribution in [3.8, 4) is 0 Å². The summed E-state index contributed by atoms with van der Waals surface area (Å²) in [6.07, 6.45) is -0.364. The highest BCUT2D eigenvalue weighted by atomic mass is 35.5. The lowest BCUT2D eigenvalue weighted by Crippen LogP contribution is -2.21. The van der Waals surface area contributed by atoms with Gasteiger partial charge < -0.3 is 4.74 Å². The van der Waals surface area contributed by atoms with Crippen LogP contribution in [0.2, 0.25) is 5.02 Å². The topological polar surface area (TPSA) is 60.4 Å². The highest BCUT2D eigenvalue weighted by molar-refractivity contribution is 6.37. The van der Waals surface area contributed by atoms with Gasteiger partial charge >= 0.3 is 5.97 Å². The van der Waals surface area contributed by atoms with E-state index in [4.69, 9.17) is 11.6 Å². The fourth-order valence-corrected chi connectivity index (χ4v) is 1.61. The molecule has 1 aromatic carbocycles. The van der Waals surface area contributed by atoms with Gasteiger partial charge in [0.05, 0.1) is 13.0 Å². The molecule has 4 nitrogen and oxygen atoms in total. The number of hydrogen-bond acceptors (Lipinski definition) is 4. The van der Waals surface area contributed by atoms with Gasteiger partial charge in [-0.25, -0.2) is 4.79 Å². The van der Waals surface area contributed by atoms with E-state index in [-0.39, 0.29) is 18.8 Å². The van der Waals surface area contributed by atoms with Gasteiger partial charge in [-0.2, -0.15) is 0 Å². The molecular formula is C13H13ClO4. The summed E-state index contributed by atoms with van der Waals surface area (Å²) in [6.45, 7) is 1.71. The summed E-state index contributed by atoms with van der Waals surface area (Å²) in [6, 6.07) is 6.80. The zero-order valence-corrected chi connectivity index (χ0v) is 10.7. The van der Waals surface area contributed by atoms with Gasteiger partial charge in [0, 0.05) is 11.4 Å². The van der Waals surface area contributed by atoms with Crippen LogP contribution in [0, 0.1) is 0 Å². The summed E-state index contributed by atoms with van der Waals surface area (Å²) in [7, 11) is 0. The molecule has 1 rings (SSSR count). The zero-order chi connectivity index (χ0) is 13.5. The fourth-order valence-electron chi connectivity index (χ4n) is 1.40. The maximum atomic E-state index is 11.6. The van der Waals surface area contributed by atoms with Crippen LogP contribution < -0.4 is 0 Å². The van der Waals surface area contributed by atoms with E-state index in [1.807, 2.05) is 0 Å². The first-order valence-corrected chi connectivity index (χ1v) is 5.86. The molecule has 5 heteroatoms. The van der Waals surface area contributed by atoms with Crippen molar-refractivity contribution < 1.29 is 19.1 Å². The largest absolute Gasteiger partial charge is 0.460 e. The van der Waals surface area contributed by atoms with Crippen molar-refractivity contribution in [2.75, 3.05) is 6.61 Å². The number of halogens is 1. The molecule has 1 aromatic rings. The highest BCUT2D eigenvalue weighted by Gasteiger charge is 2.18. The van der Waals surface area contributed by atoms with Crippen LogP contribution in [0.15, 0.2) is 24.3 Å². The first kappa shape index (κ1) is 14.4. The third-order valence-corrected chi connectivity index (χ3v) is 2.39. The molecule has 96 valence electrons. The van der Waals surface area contributed by atoms with Crippen molar-refractivity contribution >= 4 is 29.1 Å². The Morgan fingerprint density at radius 2 is 2.00 bits per heavy atom. The van der Waals surface area contributed by atoms with Crippen LogP contribution >= 0.6 is 11.6 Å². The molecule has 0 aliphatic carbocycles. The second kappa shape index (κ2) is 6.91. The highest BCUT2D eigenvalue weighted by Crippen LogP contribution is 2.11. The van der Waals surface area contributed by atoms with Crippen molar-refractivity contribution in [1.82, 2.24) is 0 Å². The lowest BCUT2D eigenvalue weighted by Gasteiger charge is -2.02. The van der Waals surface area contributed by atoms with Gasteiger partial charge in [0.2, 0.25) is 5.78 Å². The molecule has 0 saturated heterocycles. The van der Waals surface area contributed by atoms with Crippen LogP contribution in [0.3, 0.4) is 0 Å². The molecule has 18 heavy (non-hydrogen) atoms. The van der Waals surface area contributed by atoms with Crippen molar-refractivity contribution in [3.05, 3.63) is 34.9 Å². The smallest absolute Gasteiger partial charge is 0.375 e. The van der Waals surface area contributed by atoms with Gasteiger partial charge in [0.25, 0.3) is 0 Å². The van der Waals surface area contributed by atoms with Gasteiger partial charge in [-0.05, 0) is 24.6 Å². The Kier molecular flexibility index (Phi) is 5.52. The second-order valence-electron chi connectivity index (χ2n) is 3.67. The van der Waals surface area contributed by atoms with Crippen molar-refractivity contribution in [2.45, 2.75) is 19.8 Å². The predicted octanol–water partition coefficient (Wildman–Crippen LogP) is 1.97. The summed E-state index contributed by atoms with van der Waals surface area (Å²) in [5.41, 5.74) is 0.712. The number of ether oxygens (including phenoxy) is 1. The van der Waals surface area contributed by atoms with E-state index < -0.39 is 18.2 Å². The Labute approximate surface area is 110 Å². The number of Topliss-reactive ketones (excluding diaryl/α,β-unsaturated/α-hetero) is 2. The first-order valence-electron chi connectivity index (χ1n) is 5.49. The summed E-state index contributed by atoms with van der Waals surface area (Å²) in [5, 5.41) is 0.525. The molecule has 0 fully saturated rings. The summed E-state index contributed by atoms with van der Waals surface area (Å²) < 4.78 is 4.51. The second-order valence-corrected chi connectivity index (χ2v) is 4.10. The molecule has 0 spiro atoms. The number of esters is 1. The molecule has 0 unspecified atom stereocenters. The van der Waals surface area contributed by atoms with E-state index in [2.05, 4.69) is 4.74 Å². The van der Waals surface area contributed by atoms with E-state index in [1.165, 1.54) is 0 Å². The molecule has 0 aromatic heterocycles. The first-order chi connectivity index (χ1) is 8.52. The zero-order valence-electron chi connectivity index (χ0n) is 9.94. The Bertz CT molecular complexity index is 468. The van der Waals surface area contributed by atoms with Crippen LogP contribution in [0.1, 0.15) is 18.9 Å². The normalized spacial score (nSPS) is 9.89. The number of carbonyl (C=O) groups excluding carboxylic acids is 3. The molecule has 0 amide bonds. The summed E-state index contributed by atoms with van der Waals surface area (Å²) >= 11 is 5.77. The molecule has 0 atom stereocenters. The molecule has 0 aliphatic rings. The lowest BCUT2D eigenvalue weighted by atomic mass is 10.1. The Balaban J connectivity index is 2.52. The SMILES string of the molecule is CCOC(=O)C(=O)CC(=O)Cc1cccc(Cl)c1. The van der Waals surface area contributed by atoms with Gasteiger partial charge in [0.15, 0.2) is 0 Å². The van der Waals surface area contributed by atoms with Crippen LogP contribution in [0.5, 0.6) is 0 Å². The average Bonchev–Trinajstić information content (AvgIpc) is 2.28. The van der Waals surface area contributed by atoms with Crippen LogP contribution in [-0.4, -0.2) is 24.1 Å². The van der Waals surface area contributed by atoms with E-state index in [9.17, 15) is 14.4 Å². The third-order valence-electron chi connectivity index (χ3n) is 2.15. The Hall–Kier alpha value is -1.68. The van der Waals surface area contributed by atoms with Crippen LogP contribution in [0.25, 0.3) is 0 Å². The number of benzene rings is 1. The summed E-state index contributed by atoms with van der Waals surface area (Å²) in [5.74, 6) is -2.11. The van der Waals surface area contributed by atoms with Crippen LogP contribution in [-0.2, 0) is 25.5 Å². The number of hydrogen-bond donors (Lipinski definition) is 0. The van der Waals surface area contributed by atoms with Crippen LogP contribution in [0.4, 0.5) is 0 Å². The van der Waals surface area contributed by atoms with Crippen molar-refractivity contribution in [3.63, 3.8) is 0 Å². The van der Waals surface area contributed by atoms with Gasteiger partial charge in [-0.15, -0.1) is 0 Å². The average molecular weight is 269 g/mol. The number of rotatable bonds is 6. The molecule has 0 radical (unpaired) electrons. The minimum absolute atomic E-state index is 0.0751. The monoisotopic (exact) mass is 268 g/mol. The molecule has 0 bridgehead atoms. The number of carbonyl (C=O) groups is 3. The predicted molar refractivity (Wildman–Crippen MR) is 66.4 cm³/mol. The molecule has 0 heterocycles. The minimum Gasteiger partial charge on any atom is -0.460 e. The van der Waals surface area contributed by atoms with Crippen molar-refractivity contribution in [1.29, 1.82) is 0 Å². The third kappa shape index (κ3) is 4.67. The maximum Gasteiger partial charge on any atom is 0.375 e. The maximum absolute atomic E-state index is 11.6. The molecule has 0 aliphatic heterocycles. The van der Waals surface area contributed by atoms with E-state index in [0.29, 0.717) is 10.6 Å². The van der Waals surface area contributed by atoms with E-state index in [0.717, 1.165) is 0 Å². The Morgan fingerprint density at radius 1 is 1.28 bits per heavy atom. The molecule has 0 saturated carbocycles. The van der Waals surface area contributed by atoms with Gasteiger partial charge in [-0.3, -0.25) is 9.59 Å².